The van der Waals surface area contributed by atoms with E-state index in [0.29, 0.717) is 10.9 Å². The summed E-state index contributed by atoms with van der Waals surface area (Å²) in [5.74, 6) is -0.659. The summed E-state index contributed by atoms with van der Waals surface area (Å²) in [6.45, 7) is 5.22. The van der Waals surface area contributed by atoms with Crippen LogP contribution < -0.4 is 0 Å². The number of carbonyl (C=O) groups is 2. The highest BCUT2D eigenvalue weighted by Gasteiger charge is 2.26. The lowest BCUT2D eigenvalue weighted by atomic mass is 10.2. The molecule has 0 aromatic carbocycles. The molecule has 7 heteroatoms. The fourth-order valence-electron chi connectivity index (χ4n) is 1.86. The maximum Gasteiger partial charge on any atom is 0.419 e. The molecule has 6 nitrogen and oxygen atoms in total. The molecule has 2 aromatic rings. The Hall–Kier alpha value is -2.08. The number of fused-ring (bicyclic) bond motifs is 1. The van der Waals surface area contributed by atoms with E-state index < -0.39 is 17.7 Å². The van der Waals surface area contributed by atoms with E-state index in [1.54, 1.807) is 26.8 Å². The third kappa shape index (κ3) is 3.00. The van der Waals surface area contributed by atoms with Gasteiger partial charge < -0.3 is 9.47 Å². The lowest BCUT2D eigenvalue weighted by Gasteiger charge is -2.20. The van der Waals surface area contributed by atoms with E-state index in [9.17, 15) is 9.59 Å². The Morgan fingerprint density at radius 2 is 2.00 bits per heavy atom. The fraction of sp³-hybridized carbons (Fsp3) is 0.357. The van der Waals surface area contributed by atoms with Crippen molar-refractivity contribution in [3.05, 3.63) is 29.2 Å². The van der Waals surface area contributed by atoms with Gasteiger partial charge in [-0.3, -0.25) is 0 Å². The quantitative estimate of drug-likeness (QED) is 0.597. The minimum absolute atomic E-state index is 0.0386. The van der Waals surface area contributed by atoms with Crippen LogP contribution in [0.25, 0.3) is 10.9 Å². The Labute approximate surface area is 126 Å². The lowest BCUT2D eigenvalue weighted by molar-refractivity contribution is 0.0489. The highest BCUT2D eigenvalue weighted by atomic mass is 35.5. The molecule has 2 aromatic heterocycles. The molecular weight excluding hydrogens is 296 g/mol. The molecule has 0 aliphatic carbocycles. The summed E-state index contributed by atoms with van der Waals surface area (Å²) in [4.78, 5) is 28.2. The van der Waals surface area contributed by atoms with Gasteiger partial charge in [0, 0.05) is 11.6 Å². The summed E-state index contributed by atoms with van der Waals surface area (Å²) >= 11 is 6.00. The number of hydrogen-bond donors (Lipinski definition) is 0. The SMILES string of the molecule is COC(=O)c1cc2c(Cl)nccc2n1C(=O)OC(C)(C)C. The zero-order chi connectivity index (χ0) is 15.8. The third-order valence-electron chi connectivity index (χ3n) is 2.65. The van der Waals surface area contributed by atoms with E-state index in [0.717, 1.165) is 4.57 Å². The minimum atomic E-state index is -0.697. The van der Waals surface area contributed by atoms with Crippen molar-refractivity contribution in [1.82, 2.24) is 9.55 Å². The first-order valence-electron chi connectivity index (χ1n) is 6.22. The van der Waals surface area contributed by atoms with Crippen LogP contribution in [-0.2, 0) is 9.47 Å². The number of pyridine rings is 1. The zero-order valence-electron chi connectivity index (χ0n) is 12.1. The number of rotatable bonds is 1. The van der Waals surface area contributed by atoms with E-state index in [-0.39, 0.29) is 10.8 Å². The monoisotopic (exact) mass is 310 g/mol. The average molecular weight is 311 g/mol. The highest BCUT2D eigenvalue weighted by Crippen LogP contribution is 2.26. The summed E-state index contributed by atoms with van der Waals surface area (Å²) in [7, 11) is 1.24. The van der Waals surface area contributed by atoms with Crippen LogP contribution in [0.3, 0.4) is 0 Å². The minimum Gasteiger partial charge on any atom is -0.464 e. The van der Waals surface area contributed by atoms with Crippen LogP contribution in [0.15, 0.2) is 18.3 Å². The lowest BCUT2D eigenvalue weighted by Crippen LogP contribution is -2.29. The Balaban J connectivity index is 2.66. The molecule has 0 spiro atoms. The maximum atomic E-state index is 12.4. The predicted molar refractivity (Wildman–Crippen MR) is 77.7 cm³/mol. The first kappa shape index (κ1) is 15.3. The van der Waals surface area contributed by atoms with Crippen LogP contribution in [0, 0.1) is 0 Å². The van der Waals surface area contributed by atoms with Gasteiger partial charge in [0.2, 0.25) is 0 Å². The molecule has 2 rings (SSSR count). The number of methoxy groups -OCH3 is 1. The van der Waals surface area contributed by atoms with Crippen molar-refractivity contribution in [3.8, 4) is 0 Å². The molecule has 0 fully saturated rings. The van der Waals surface area contributed by atoms with Gasteiger partial charge in [0.05, 0.1) is 12.6 Å². The molecule has 112 valence electrons. The second-order valence-corrected chi connectivity index (χ2v) is 5.73. The molecule has 0 N–H and O–H groups in total. The number of carbonyl (C=O) groups excluding carboxylic acids is 2. The van der Waals surface area contributed by atoms with E-state index in [4.69, 9.17) is 21.1 Å². The van der Waals surface area contributed by atoms with Gasteiger partial charge in [0.1, 0.15) is 16.4 Å². The molecule has 0 saturated heterocycles. The topological polar surface area (TPSA) is 70.4 Å². The Kier molecular flexibility index (Phi) is 3.91. The van der Waals surface area contributed by atoms with Gasteiger partial charge in [-0.1, -0.05) is 11.6 Å². The number of aromatic nitrogens is 2. The van der Waals surface area contributed by atoms with Crippen molar-refractivity contribution in [2.75, 3.05) is 7.11 Å². The van der Waals surface area contributed by atoms with Crippen molar-refractivity contribution in [2.24, 2.45) is 0 Å². The van der Waals surface area contributed by atoms with Gasteiger partial charge in [0.15, 0.2) is 0 Å². The number of nitrogens with zero attached hydrogens (tertiary/aromatic N) is 2. The van der Waals surface area contributed by atoms with Crippen LogP contribution in [-0.4, -0.2) is 34.3 Å². The van der Waals surface area contributed by atoms with Gasteiger partial charge in [-0.25, -0.2) is 19.1 Å². The number of hydrogen-bond acceptors (Lipinski definition) is 5. The second-order valence-electron chi connectivity index (χ2n) is 5.37. The number of ether oxygens (including phenoxy) is 2. The molecule has 0 bridgehead atoms. The van der Waals surface area contributed by atoms with Crippen molar-refractivity contribution < 1.29 is 19.1 Å². The van der Waals surface area contributed by atoms with Crippen LogP contribution in [0.1, 0.15) is 31.3 Å². The van der Waals surface area contributed by atoms with Crippen molar-refractivity contribution in [3.63, 3.8) is 0 Å². The van der Waals surface area contributed by atoms with E-state index in [1.807, 2.05) is 0 Å². The summed E-state index contributed by atoms with van der Waals surface area (Å²) in [6, 6.07) is 3.04. The molecule has 0 amide bonds. The molecule has 0 aliphatic rings. The van der Waals surface area contributed by atoms with Gasteiger partial charge in [0.25, 0.3) is 0 Å². The molecule has 0 radical (unpaired) electrons. The summed E-state index contributed by atoms with van der Waals surface area (Å²) in [5, 5.41) is 0.672. The number of esters is 1. The van der Waals surface area contributed by atoms with Gasteiger partial charge in [-0.05, 0) is 32.9 Å². The van der Waals surface area contributed by atoms with Gasteiger partial charge in [-0.2, -0.15) is 0 Å². The third-order valence-corrected chi connectivity index (χ3v) is 2.95. The van der Waals surface area contributed by atoms with Crippen LogP contribution >= 0.6 is 11.6 Å². The maximum absolute atomic E-state index is 12.4. The van der Waals surface area contributed by atoms with E-state index in [1.165, 1.54) is 19.4 Å². The Bertz CT molecular complexity index is 716. The standard InChI is InChI=1S/C14H15ClN2O4/c1-14(2,3)21-13(19)17-9-5-6-16-11(15)8(9)7-10(17)12(18)20-4/h5-7H,1-4H3. The molecule has 0 unspecified atom stereocenters. The Morgan fingerprint density at radius 3 is 2.57 bits per heavy atom. The normalized spacial score (nSPS) is 11.5. The van der Waals surface area contributed by atoms with E-state index in [2.05, 4.69) is 4.98 Å². The molecule has 0 saturated carbocycles. The molecule has 0 aliphatic heterocycles. The predicted octanol–water partition coefficient (Wildman–Crippen LogP) is 3.26. The summed E-state index contributed by atoms with van der Waals surface area (Å²) in [6.07, 6.45) is 0.771. The number of halogens is 1. The molecule has 21 heavy (non-hydrogen) atoms. The summed E-state index contributed by atoms with van der Waals surface area (Å²) < 4.78 is 11.2. The van der Waals surface area contributed by atoms with E-state index >= 15 is 0 Å². The smallest absolute Gasteiger partial charge is 0.419 e. The first-order valence-corrected chi connectivity index (χ1v) is 6.60. The van der Waals surface area contributed by atoms with Crippen LogP contribution in [0.4, 0.5) is 4.79 Å². The van der Waals surface area contributed by atoms with Gasteiger partial charge in [-0.15, -0.1) is 0 Å². The van der Waals surface area contributed by atoms with Crippen molar-refractivity contribution >= 4 is 34.6 Å². The molecular formula is C14H15ClN2O4. The van der Waals surface area contributed by atoms with Crippen molar-refractivity contribution in [2.45, 2.75) is 26.4 Å². The summed E-state index contributed by atoms with van der Waals surface area (Å²) in [5.41, 5.74) is -0.223. The molecule has 2 heterocycles. The second kappa shape index (κ2) is 5.37. The van der Waals surface area contributed by atoms with Gasteiger partial charge >= 0.3 is 12.1 Å². The van der Waals surface area contributed by atoms with Crippen LogP contribution in [0.5, 0.6) is 0 Å². The van der Waals surface area contributed by atoms with Crippen molar-refractivity contribution in [1.29, 1.82) is 0 Å². The first-order chi connectivity index (χ1) is 9.74. The fourth-order valence-corrected chi connectivity index (χ4v) is 2.06. The molecule has 0 atom stereocenters. The van der Waals surface area contributed by atoms with Crippen LogP contribution in [0.2, 0.25) is 5.15 Å². The largest absolute Gasteiger partial charge is 0.464 e. The highest BCUT2D eigenvalue weighted by molar-refractivity contribution is 6.34. The average Bonchev–Trinajstić information content (AvgIpc) is 2.76. The Morgan fingerprint density at radius 1 is 1.33 bits per heavy atom. The zero-order valence-corrected chi connectivity index (χ0v) is 12.9.